The smallest absolute Gasteiger partial charge is 0.123 e. The second-order valence-electron chi connectivity index (χ2n) is 2.73. The summed E-state index contributed by atoms with van der Waals surface area (Å²) in [4.78, 5) is 0. The SMILES string of the molecule is COCC(N)c1cc(F)ccc1Br. The molecule has 0 bridgehead atoms. The van der Waals surface area contributed by atoms with Crippen LogP contribution in [-0.2, 0) is 4.74 Å². The lowest BCUT2D eigenvalue weighted by Crippen LogP contribution is -2.16. The van der Waals surface area contributed by atoms with Crippen molar-refractivity contribution in [2.45, 2.75) is 6.04 Å². The molecule has 0 aliphatic rings. The summed E-state index contributed by atoms with van der Waals surface area (Å²) in [5.41, 5.74) is 6.48. The van der Waals surface area contributed by atoms with Crippen LogP contribution in [0.2, 0.25) is 0 Å². The Morgan fingerprint density at radius 3 is 2.92 bits per heavy atom. The molecular weight excluding hydrogens is 237 g/mol. The molecule has 0 amide bonds. The van der Waals surface area contributed by atoms with E-state index in [1.54, 1.807) is 13.2 Å². The maximum absolute atomic E-state index is 12.8. The zero-order valence-corrected chi connectivity index (χ0v) is 8.84. The Bertz CT molecular complexity index is 293. The van der Waals surface area contributed by atoms with E-state index in [0.717, 1.165) is 10.0 Å². The first-order chi connectivity index (χ1) is 6.15. The minimum absolute atomic E-state index is 0.287. The van der Waals surface area contributed by atoms with Crippen molar-refractivity contribution in [3.8, 4) is 0 Å². The molecule has 0 heterocycles. The predicted molar refractivity (Wildman–Crippen MR) is 52.9 cm³/mol. The van der Waals surface area contributed by atoms with Crippen LogP contribution in [-0.4, -0.2) is 13.7 Å². The molecule has 0 fully saturated rings. The molecule has 0 aliphatic carbocycles. The van der Waals surface area contributed by atoms with E-state index < -0.39 is 0 Å². The van der Waals surface area contributed by atoms with Crippen LogP contribution in [0.4, 0.5) is 4.39 Å². The molecule has 1 rings (SSSR count). The molecule has 0 saturated heterocycles. The maximum atomic E-state index is 12.8. The van der Waals surface area contributed by atoms with Gasteiger partial charge in [-0.15, -0.1) is 0 Å². The molecule has 72 valence electrons. The van der Waals surface area contributed by atoms with Gasteiger partial charge in [0.05, 0.1) is 12.6 Å². The summed E-state index contributed by atoms with van der Waals surface area (Å²) in [6, 6.07) is 4.14. The van der Waals surface area contributed by atoms with Gasteiger partial charge in [0.25, 0.3) is 0 Å². The lowest BCUT2D eigenvalue weighted by atomic mass is 10.1. The van der Waals surface area contributed by atoms with E-state index in [2.05, 4.69) is 15.9 Å². The molecule has 2 nitrogen and oxygen atoms in total. The van der Waals surface area contributed by atoms with Crippen LogP contribution in [0, 0.1) is 5.82 Å². The van der Waals surface area contributed by atoms with Gasteiger partial charge in [0, 0.05) is 11.6 Å². The Labute approximate surface area is 85.0 Å². The lowest BCUT2D eigenvalue weighted by molar-refractivity contribution is 0.180. The Balaban J connectivity index is 2.91. The Morgan fingerprint density at radius 2 is 2.31 bits per heavy atom. The highest BCUT2D eigenvalue weighted by Gasteiger charge is 2.10. The van der Waals surface area contributed by atoms with E-state index in [0.29, 0.717) is 6.61 Å². The van der Waals surface area contributed by atoms with Gasteiger partial charge in [-0.2, -0.15) is 0 Å². The fourth-order valence-electron chi connectivity index (χ4n) is 1.07. The summed E-state index contributed by atoms with van der Waals surface area (Å²) in [5.74, 6) is -0.287. The van der Waals surface area contributed by atoms with Crippen LogP contribution in [0.3, 0.4) is 0 Å². The van der Waals surface area contributed by atoms with Crippen molar-refractivity contribution in [3.63, 3.8) is 0 Å². The second kappa shape index (κ2) is 4.69. The highest BCUT2D eigenvalue weighted by Crippen LogP contribution is 2.22. The summed E-state index contributed by atoms with van der Waals surface area (Å²) in [6.07, 6.45) is 0. The third kappa shape index (κ3) is 2.76. The van der Waals surface area contributed by atoms with Crippen molar-refractivity contribution in [1.29, 1.82) is 0 Å². The van der Waals surface area contributed by atoms with Crippen LogP contribution in [0.1, 0.15) is 11.6 Å². The topological polar surface area (TPSA) is 35.2 Å². The molecular formula is C9H11BrFNO. The third-order valence-corrected chi connectivity index (χ3v) is 2.43. The number of ether oxygens (including phenoxy) is 1. The minimum Gasteiger partial charge on any atom is -0.383 e. The van der Waals surface area contributed by atoms with E-state index in [4.69, 9.17) is 10.5 Å². The molecule has 0 aromatic heterocycles. The molecule has 1 unspecified atom stereocenters. The quantitative estimate of drug-likeness (QED) is 0.890. The third-order valence-electron chi connectivity index (χ3n) is 1.70. The van der Waals surface area contributed by atoms with Gasteiger partial charge in [0.2, 0.25) is 0 Å². The van der Waals surface area contributed by atoms with Crippen LogP contribution in [0.25, 0.3) is 0 Å². The van der Waals surface area contributed by atoms with Crippen molar-refractivity contribution in [1.82, 2.24) is 0 Å². The molecule has 0 saturated carbocycles. The maximum Gasteiger partial charge on any atom is 0.123 e. The van der Waals surface area contributed by atoms with E-state index >= 15 is 0 Å². The Hall–Kier alpha value is -0.450. The van der Waals surface area contributed by atoms with Crippen LogP contribution >= 0.6 is 15.9 Å². The van der Waals surface area contributed by atoms with Gasteiger partial charge in [0.1, 0.15) is 5.82 Å². The summed E-state index contributed by atoms with van der Waals surface area (Å²) in [6.45, 7) is 0.377. The van der Waals surface area contributed by atoms with Gasteiger partial charge in [-0.3, -0.25) is 0 Å². The fraction of sp³-hybridized carbons (Fsp3) is 0.333. The number of hydrogen-bond acceptors (Lipinski definition) is 2. The van der Waals surface area contributed by atoms with Crippen LogP contribution < -0.4 is 5.73 Å². The first kappa shape index (κ1) is 10.6. The average molecular weight is 248 g/mol. The Morgan fingerprint density at radius 1 is 1.62 bits per heavy atom. The first-order valence-electron chi connectivity index (χ1n) is 3.84. The van der Waals surface area contributed by atoms with Crippen molar-refractivity contribution < 1.29 is 9.13 Å². The van der Waals surface area contributed by atoms with Gasteiger partial charge in [0.15, 0.2) is 0 Å². The van der Waals surface area contributed by atoms with Crippen molar-refractivity contribution in [3.05, 3.63) is 34.1 Å². The second-order valence-corrected chi connectivity index (χ2v) is 3.58. The summed E-state index contributed by atoms with van der Waals surface area (Å²) in [5, 5.41) is 0. The van der Waals surface area contributed by atoms with Crippen molar-refractivity contribution in [2.24, 2.45) is 5.73 Å². The summed E-state index contributed by atoms with van der Waals surface area (Å²) >= 11 is 3.30. The molecule has 2 N–H and O–H groups in total. The van der Waals surface area contributed by atoms with E-state index in [9.17, 15) is 4.39 Å². The fourth-order valence-corrected chi connectivity index (χ4v) is 1.61. The monoisotopic (exact) mass is 247 g/mol. The molecule has 0 radical (unpaired) electrons. The number of methoxy groups -OCH3 is 1. The zero-order chi connectivity index (χ0) is 9.84. The number of rotatable bonds is 3. The van der Waals surface area contributed by atoms with Crippen LogP contribution in [0.5, 0.6) is 0 Å². The molecule has 4 heteroatoms. The number of nitrogens with two attached hydrogens (primary N) is 1. The highest BCUT2D eigenvalue weighted by atomic mass is 79.9. The molecule has 0 aliphatic heterocycles. The van der Waals surface area contributed by atoms with Gasteiger partial charge in [-0.1, -0.05) is 15.9 Å². The minimum atomic E-state index is -0.296. The van der Waals surface area contributed by atoms with Gasteiger partial charge in [-0.25, -0.2) is 4.39 Å². The van der Waals surface area contributed by atoms with E-state index in [1.807, 2.05) is 0 Å². The Kier molecular flexibility index (Phi) is 3.84. The molecule has 13 heavy (non-hydrogen) atoms. The highest BCUT2D eigenvalue weighted by molar-refractivity contribution is 9.10. The number of hydrogen-bond donors (Lipinski definition) is 1. The van der Waals surface area contributed by atoms with Gasteiger partial charge < -0.3 is 10.5 Å². The van der Waals surface area contributed by atoms with Gasteiger partial charge in [-0.05, 0) is 23.8 Å². The zero-order valence-electron chi connectivity index (χ0n) is 7.26. The molecule has 1 aromatic carbocycles. The first-order valence-corrected chi connectivity index (χ1v) is 4.64. The standard InChI is InChI=1S/C9H11BrFNO/c1-13-5-9(12)7-4-6(11)2-3-8(7)10/h2-4,9H,5,12H2,1H3. The molecule has 1 aromatic rings. The number of benzene rings is 1. The van der Waals surface area contributed by atoms with E-state index in [-0.39, 0.29) is 11.9 Å². The van der Waals surface area contributed by atoms with E-state index in [1.165, 1.54) is 12.1 Å². The number of halogens is 2. The molecule has 0 spiro atoms. The normalized spacial score (nSPS) is 12.9. The van der Waals surface area contributed by atoms with Crippen molar-refractivity contribution >= 4 is 15.9 Å². The summed E-state index contributed by atoms with van der Waals surface area (Å²) < 4.78 is 18.5. The molecule has 1 atom stereocenters. The predicted octanol–water partition coefficient (Wildman–Crippen LogP) is 2.23. The average Bonchev–Trinajstić information content (AvgIpc) is 2.09. The van der Waals surface area contributed by atoms with Gasteiger partial charge >= 0.3 is 0 Å². The van der Waals surface area contributed by atoms with Crippen molar-refractivity contribution in [2.75, 3.05) is 13.7 Å². The lowest BCUT2D eigenvalue weighted by Gasteiger charge is -2.12. The largest absolute Gasteiger partial charge is 0.383 e. The summed E-state index contributed by atoms with van der Waals surface area (Å²) in [7, 11) is 1.56. The van der Waals surface area contributed by atoms with Crippen LogP contribution in [0.15, 0.2) is 22.7 Å².